The van der Waals surface area contributed by atoms with Gasteiger partial charge in [0.15, 0.2) is 0 Å². The summed E-state index contributed by atoms with van der Waals surface area (Å²) in [6.45, 7) is 1.81. The second kappa shape index (κ2) is 4.84. The van der Waals surface area contributed by atoms with Gasteiger partial charge in [0, 0.05) is 6.42 Å². The van der Waals surface area contributed by atoms with Gasteiger partial charge < -0.3 is 10.8 Å². The minimum absolute atomic E-state index is 0.458. The van der Waals surface area contributed by atoms with Crippen molar-refractivity contribution >= 4 is 0 Å². The summed E-state index contributed by atoms with van der Waals surface area (Å²) in [4.78, 5) is 0. The lowest BCUT2D eigenvalue weighted by Crippen LogP contribution is -2.38. The first-order chi connectivity index (χ1) is 7.30. The number of aryl methyl sites for hydroxylation is 1. The summed E-state index contributed by atoms with van der Waals surface area (Å²) in [6, 6.07) is 4.73. The van der Waals surface area contributed by atoms with E-state index in [0.29, 0.717) is 5.56 Å². The summed E-state index contributed by atoms with van der Waals surface area (Å²) in [5, 5.41) is 9.60. The smallest absolute Gasteiger partial charge is 0.388 e. The fourth-order valence-electron chi connectivity index (χ4n) is 1.39. The third-order valence-electron chi connectivity index (χ3n) is 2.32. The van der Waals surface area contributed by atoms with E-state index in [1.807, 2.05) is 0 Å². The SMILES string of the molecule is Cc1cccc([C@@H](O)C[C@H](N)C(F)(F)F)c1. The molecule has 0 fully saturated rings. The first-order valence-corrected chi connectivity index (χ1v) is 4.87. The monoisotopic (exact) mass is 233 g/mol. The number of halogens is 3. The van der Waals surface area contributed by atoms with E-state index in [-0.39, 0.29) is 0 Å². The minimum atomic E-state index is -4.47. The summed E-state index contributed by atoms with van der Waals surface area (Å²) in [5.41, 5.74) is 6.29. The highest BCUT2D eigenvalue weighted by molar-refractivity contribution is 5.24. The molecule has 0 aliphatic carbocycles. The molecular formula is C11H14F3NO. The van der Waals surface area contributed by atoms with Gasteiger partial charge in [0.05, 0.1) is 6.10 Å². The molecule has 0 aliphatic rings. The fourth-order valence-corrected chi connectivity index (χ4v) is 1.39. The van der Waals surface area contributed by atoms with Crippen LogP contribution in [0.25, 0.3) is 0 Å². The molecule has 0 amide bonds. The van der Waals surface area contributed by atoms with Crippen LogP contribution in [-0.4, -0.2) is 17.3 Å². The highest BCUT2D eigenvalue weighted by Crippen LogP contribution is 2.26. The van der Waals surface area contributed by atoms with E-state index in [4.69, 9.17) is 5.73 Å². The van der Waals surface area contributed by atoms with E-state index in [1.165, 1.54) is 0 Å². The second-order valence-electron chi connectivity index (χ2n) is 3.81. The van der Waals surface area contributed by atoms with Gasteiger partial charge in [-0.1, -0.05) is 29.8 Å². The third-order valence-corrected chi connectivity index (χ3v) is 2.32. The number of benzene rings is 1. The van der Waals surface area contributed by atoms with E-state index in [9.17, 15) is 18.3 Å². The lowest BCUT2D eigenvalue weighted by atomic mass is 10.0. The molecule has 0 aliphatic heterocycles. The summed E-state index contributed by atoms with van der Waals surface area (Å²) in [6.07, 6.45) is -6.17. The van der Waals surface area contributed by atoms with Crippen LogP contribution in [0.15, 0.2) is 24.3 Å². The second-order valence-corrected chi connectivity index (χ2v) is 3.81. The summed E-state index contributed by atoms with van der Waals surface area (Å²) >= 11 is 0. The van der Waals surface area contributed by atoms with Crippen molar-refractivity contribution in [3.05, 3.63) is 35.4 Å². The van der Waals surface area contributed by atoms with Crippen LogP contribution in [0.4, 0.5) is 13.2 Å². The maximum absolute atomic E-state index is 12.2. The normalized spacial score (nSPS) is 15.9. The zero-order valence-corrected chi connectivity index (χ0v) is 8.83. The van der Waals surface area contributed by atoms with Gasteiger partial charge in [0.1, 0.15) is 6.04 Å². The van der Waals surface area contributed by atoms with Gasteiger partial charge in [-0.2, -0.15) is 13.2 Å². The van der Waals surface area contributed by atoms with Gasteiger partial charge in [-0.05, 0) is 12.5 Å². The van der Waals surface area contributed by atoms with Crippen LogP contribution in [-0.2, 0) is 0 Å². The molecule has 0 unspecified atom stereocenters. The van der Waals surface area contributed by atoms with Crippen molar-refractivity contribution in [1.82, 2.24) is 0 Å². The maximum Gasteiger partial charge on any atom is 0.403 e. The van der Waals surface area contributed by atoms with Crippen LogP contribution < -0.4 is 5.73 Å². The van der Waals surface area contributed by atoms with Crippen LogP contribution in [0.5, 0.6) is 0 Å². The summed E-state index contributed by atoms with van der Waals surface area (Å²) < 4.78 is 36.5. The molecule has 0 saturated heterocycles. The van der Waals surface area contributed by atoms with E-state index in [2.05, 4.69) is 0 Å². The summed E-state index contributed by atoms with van der Waals surface area (Å²) in [7, 11) is 0. The van der Waals surface area contributed by atoms with E-state index in [0.717, 1.165) is 5.56 Å². The van der Waals surface area contributed by atoms with Gasteiger partial charge in [-0.3, -0.25) is 0 Å². The predicted octanol–water partition coefficient (Wildman–Crippen LogP) is 2.31. The average molecular weight is 233 g/mol. The Labute approximate surface area is 91.9 Å². The molecular weight excluding hydrogens is 219 g/mol. The Bertz CT molecular complexity index is 351. The lowest BCUT2D eigenvalue weighted by Gasteiger charge is -2.19. The van der Waals surface area contributed by atoms with Crippen molar-refractivity contribution in [2.45, 2.75) is 31.7 Å². The standard InChI is InChI=1S/C11H14F3NO/c1-7-3-2-4-8(5-7)9(16)6-10(15)11(12,13)14/h2-5,9-10,16H,6,15H2,1H3/t9-,10-/m0/s1. The molecule has 0 aromatic heterocycles. The van der Waals surface area contributed by atoms with Gasteiger partial charge in [-0.25, -0.2) is 0 Å². The van der Waals surface area contributed by atoms with Gasteiger partial charge in [0.2, 0.25) is 0 Å². The highest BCUT2D eigenvalue weighted by Gasteiger charge is 2.37. The molecule has 1 rings (SSSR count). The lowest BCUT2D eigenvalue weighted by molar-refractivity contribution is -0.153. The highest BCUT2D eigenvalue weighted by atomic mass is 19.4. The van der Waals surface area contributed by atoms with Crippen molar-refractivity contribution in [1.29, 1.82) is 0 Å². The number of aliphatic hydroxyl groups excluding tert-OH is 1. The third kappa shape index (κ3) is 3.50. The zero-order chi connectivity index (χ0) is 12.3. The predicted molar refractivity (Wildman–Crippen MR) is 54.8 cm³/mol. The number of hydrogen-bond donors (Lipinski definition) is 2. The Morgan fingerprint density at radius 1 is 1.38 bits per heavy atom. The molecule has 1 aromatic carbocycles. The van der Waals surface area contributed by atoms with E-state index >= 15 is 0 Å². The minimum Gasteiger partial charge on any atom is -0.388 e. The molecule has 16 heavy (non-hydrogen) atoms. The van der Waals surface area contributed by atoms with Crippen LogP contribution in [0.1, 0.15) is 23.7 Å². The van der Waals surface area contributed by atoms with Gasteiger partial charge in [-0.15, -0.1) is 0 Å². The molecule has 2 nitrogen and oxygen atoms in total. The molecule has 0 spiro atoms. The Morgan fingerprint density at radius 2 is 2.00 bits per heavy atom. The molecule has 3 N–H and O–H groups in total. The molecule has 0 bridgehead atoms. The average Bonchev–Trinajstić information content (AvgIpc) is 2.16. The maximum atomic E-state index is 12.2. The Balaban J connectivity index is 2.69. The quantitative estimate of drug-likeness (QED) is 0.841. The Kier molecular flexibility index (Phi) is 3.93. The van der Waals surface area contributed by atoms with Gasteiger partial charge >= 0.3 is 6.18 Å². The topological polar surface area (TPSA) is 46.2 Å². The molecule has 2 atom stereocenters. The van der Waals surface area contributed by atoms with Crippen molar-refractivity contribution in [3.63, 3.8) is 0 Å². The number of rotatable bonds is 3. The Morgan fingerprint density at radius 3 is 2.50 bits per heavy atom. The van der Waals surface area contributed by atoms with Gasteiger partial charge in [0.25, 0.3) is 0 Å². The van der Waals surface area contributed by atoms with Crippen LogP contribution in [0.2, 0.25) is 0 Å². The van der Waals surface area contributed by atoms with E-state index < -0.39 is 24.7 Å². The van der Waals surface area contributed by atoms with Crippen molar-refractivity contribution in [2.24, 2.45) is 5.73 Å². The number of aliphatic hydroxyl groups is 1. The van der Waals surface area contributed by atoms with Crippen LogP contribution >= 0.6 is 0 Å². The van der Waals surface area contributed by atoms with Crippen LogP contribution in [0.3, 0.4) is 0 Å². The fraction of sp³-hybridized carbons (Fsp3) is 0.455. The number of hydrogen-bond acceptors (Lipinski definition) is 2. The first-order valence-electron chi connectivity index (χ1n) is 4.87. The van der Waals surface area contributed by atoms with Crippen molar-refractivity contribution in [3.8, 4) is 0 Å². The van der Waals surface area contributed by atoms with Crippen molar-refractivity contribution < 1.29 is 18.3 Å². The Hall–Kier alpha value is -1.07. The molecule has 0 radical (unpaired) electrons. The van der Waals surface area contributed by atoms with Crippen molar-refractivity contribution in [2.75, 3.05) is 0 Å². The van der Waals surface area contributed by atoms with Crippen LogP contribution in [0, 0.1) is 6.92 Å². The van der Waals surface area contributed by atoms with E-state index in [1.54, 1.807) is 31.2 Å². The largest absolute Gasteiger partial charge is 0.403 e. The molecule has 1 aromatic rings. The number of nitrogens with two attached hydrogens (primary N) is 1. The molecule has 0 heterocycles. The zero-order valence-electron chi connectivity index (χ0n) is 8.83. The number of alkyl halides is 3. The first kappa shape index (κ1) is 13.0. The summed E-state index contributed by atoms with van der Waals surface area (Å²) in [5.74, 6) is 0. The molecule has 5 heteroatoms. The molecule has 90 valence electrons. The molecule has 0 saturated carbocycles.